The maximum Gasteiger partial charge on any atom is 0.102 e. The van der Waals surface area contributed by atoms with Crippen LogP contribution >= 0.6 is 0 Å². The average molecular weight is 361 g/mol. The molecule has 0 aliphatic heterocycles. The van der Waals surface area contributed by atoms with Crippen molar-refractivity contribution < 1.29 is 5.11 Å². The lowest BCUT2D eigenvalue weighted by molar-refractivity contribution is 0.0189. The van der Waals surface area contributed by atoms with Gasteiger partial charge in [-0.1, -0.05) is 48.0 Å². The lowest BCUT2D eigenvalue weighted by Crippen LogP contribution is -2.40. The van der Waals surface area contributed by atoms with Crippen molar-refractivity contribution in [3.8, 4) is 11.1 Å². The number of nitrogens with zero attached hydrogens (tertiary/aromatic N) is 2. The fourth-order valence-corrected chi connectivity index (χ4v) is 4.16. The molecule has 1 aliphatic rings. The highest BCUT2D eigenvalue weighted by atomic mass is 16.3. The van der Waals surface area contributed by atoms with Crippen LogP contribution in [0.2, 0.25) is 0 Å². The molecule has 0 saturated heterocycles. The number of hydrogen-bond acceptors (Lipinski definition) is 3. The van der Waals surface area contributed by atoms with E-state index in [-0.39, 0.29) is 0 Å². The summed E-state index contributed by atoms with van der Waals surface area (Å²) >= 11 is 0. The Morgan fingerprint density at radius 3 is 2.89 bits per heavy atom. The van der Waals surface area contributed by atoms with Gasteiger partial charge in [0.1, 0.15) is 5.60 Å². The second kappa shape index (κ2) is 7.29. The number of nitrogens with one attached hydrogen (secondary N) is 1. The van der Waals surface area contributed by atoms with E-state index in [1.54, 1.807) is 0 Å². The number of aromatic nitrogens is 2. The van der Waals surface area contributed by atoms with Crippen LogP contribution in [-0.2, 0) is 25.6 Å². The van der Waals surface area contributed by atoms with Crippen molar-refractivity contribution in [1.29, 1.82) is 0 Å². The number of hydrogen-bond donors (Lipinski definition) is 2. The molecule has 2 N–H and O–H groups in total. The van der Waals surface area contributed by atoms with Crippen LogP contribution in [0.25, 0.3) is 11.1 Å². The highest BCUT2D eigenvalue weighted by Gasteiger charge is 2.33. The molecule has 1 aromatic heterocycles. The highest BCUT2D eigenvalue weighted by Crippen LogP contribution is 2.35. The summed E-state index contributed by atoms with van der Waals surface area (Å²) in [6.45, 7) is 3.39. The Bertz CT molecular complexity index is 946. The first kappa shape index (κ1) is 18.0. The maximum atomic E-state index is 11.3. The van der Waals surface area contributed by atoms with Gasteiger partial charge < -0.3 is 10.4 Å². The molecule has 1 atom stereocenters. The molecule has 0 radical (unpaired) electrons. The summed E-state index contributed by atoms with van der Waals surface area (Å²) in [5.74, 6) is 0. The summed E-state index contributed by atoms with van der Waals surface area (Å²) < 4.78 is 1.83. The molecule has 27 heavy (non-hydrogen) atoms. The van der Waals surface area contributed by atoms with E-state index in [4.69, 9.17) is 0 Å². The Labute approximate surface area is 160 Å². The van der Waals surface area contributed by atoms with Crippen LogP contribution in [0, 0.1) is 6.92 Å². The van der Waals surface area contributed by atoms with E-state index in [1.807, 2.05) is 30.2 Å². The van der Waals surface area contributed by atoms with E-state index >= 15 is 0 Å². The third-order valence-electron chi connectivity index (χ3n) is 5.57. The first-order valence-corrected chi connectivity index (χ1v) is 9.65. The molecule has 0 amide bonds. The van der Waals surface area contributed by atoms with E-state index in [9.17, 15) is 5.11 Å². The van der Waals surface area contributed by atoms with E-state index in [0.717, 1.165) is 36.9 Å². The monoisotopic (exact) mass is 361 g/mol. The second-order valence-corrected chi connectivity index (χ2v) is 7.71. The van der Waals surface area contributed by atoms with Gasteiger partial charge in [0.2, 0.25) is 0 Å². The zero-order valence-electron chi connectivity index (χ0n) is 16.1. The minimum absolute atomic E-state index is 0.560. The molecule has 0 saturated carbocycles. The summed E-state index contributed by atoms with van der Waals surface area (Å²) in [5.41, 5.74) is 6.36. The van der Waals surface area contributed by atoms with Gasteiger partial charge in [0.05, 0.1) is 6.20 Å². The van der Waals surface area contributed by atoms with Gasteiger partial charge in [-0.25, -0.2) is 0 Å². The standard InChI is InChI=1S/C23H27N3O/c1-17-9-10-19(21(12-17)20-14-25-26(2)15-20)13-24-16-23(27)11-5-7-18-6-3-4-8-22(18)23/h3-4,6,8-10,12,14-15,24,27H,5,7,11,13,16H2,1-2H3. The number of rotatable bonds is 5. The van der Waals surface area contributed by atoms with Crippen molar-refractivity contribution in [3.63, 3.8) is 0 Å². The van der Waals surface area contributed by atoms with Crippen molar-refractivity contribution in [2.75, 3.05) is 6.54 Å². The van der Waals surface area contributed by atoms with Gasteiger partial charge in [-0.05, 0) is 48.4 Å². The molecule has 0 bridgehead atoms. The number of aliphatic hydroxyl groups is 1. The van der Waals surface area contributed by atoms with Crippen LogP contribution in [0.15, 0.2) is 54.9 Å². The smallest absolute Gasteiger partial charge is 0.102 e. The molecule has 0 spiro atoms. The summed E-state index contributed by atoms with van der Waals surface area (Å²) in [7, 11) is 1.94. The number of fused-ring (bicyclic) bond motifs is 1. The largest absolute Gasteiger partial charge is 0.384 e. The van der Waals surface area contributed by atoms with Crippen molar-refractivity contribution in [2.45, 2.75) is 38.3 Å². The first-order valence-electron chi connectivity index (χ1n) is 9.65. The molecular formula is C23H27N3O. The summed E-state index contributed by atoms with van der Waals surface area (Å²) in [4.78, 5) is 0. The predicted octanol–water partition coefficient (Wildman–Crippen LogP) is 3.71. The lowest BCUT2D eigenvalue weighted by Gasteiger charge is -2.35. The van der Waals surface area contributed by atoms with Crippen molar-refractivity contribution >= 4 is 0 Å². The molecule has 0 fully saturated rings. The highest BCUT2D eigenvalue weighted by molar-refractivity contribution is 5.66. The maximum absolute atomic E-state index is 11.3. The van der Waals surface area contributed by atoms with Crippen molar-refractivity contribution in [2.24, 2.45) is 7.05 Å². The van der Waals surface area contributed by atoms with Crippen LogP contribution in [0.5, 0.6) is 0 Å². The molecule has 2 aromatic carbocycles. The van der Waals surface area contributed by atoms with Gasteiger partial charge >= 0.3 is 0 Å². The van der Waals surface area contributed by atoms with E-state index < -0.39 is 5.60 Å². The zero-order valence-corrected chi connectivity index (χ0v) is 16.1. The summed E-state index contributed by atoms with van der Waals surface area (Å²) in [5, 5.41) is 19.1. The minimum atomic E-state index is -0.784. The fraction of sp³-hybridized carbons (Fsp3) is 0.348. The quantitative estimate of drug-likeness (QED) is 0.728. The fourth-order valence-electron chi connectivity index (χ4n) is 4.16. The van der Waals surface area contributed by atoms with Gasteiger partial charge in [-0.2, -0.15) is 5.10 Å². The molecule has 4 nitrogen and oxygen atoms in total. The van der Waals surface area contributed by atoms with Gasteiger partial charge in [-0.15, -0.1) is 0 Å². The van der Waals surface area contributed by atoms with Gasteiger partial charge in [0.25, 0.3) is 0 Å². The van der Waals surface area contributed by atoms with Gasteiger partial charge in [-0.3, -0.25) is 4.68 Å². The van der Waals surface area contributed by atoms with Crippen LogP contribution in [0.1, 0.15) is 35.1 Å². The van der Waals surface area contributed by atoms with Gasteiger partial charge in [0.15, 0.2) is 0 Å². The zero-order chi connectivity index (χ0) is 18.9. The molecular weight excluding hydrogens is 334 g/mol. The summed E-state index contributed by atoms with van der Waals surface area (Å²) in [6, 6.07) is 14.8. The molecule has 3 aromatic rings. The predicted molar refractivity (Wildman–Crippen MR) is 108 cm³/mol. The molecule has 4 rings (SSSR count). The Balaban J connectivity index is 1.52. The van der Waals surface area contributed by atoms with Crippen LogP contribution < -0.4 is 5.32 Å². The molecule has 4 heteroatoms. The molecule has 1 aliphatic carbocycles. The van der Waals surface area contributed by atoms with Gasteiger partial charge in [0, 0.05) is 31.9 Å². The summed E-state index contributed by atoms with van der Waals surface area (Å²) in [6.07, 6.45) is 6.84. The SMILES string of the molecule is Cc1ccc(CNCC2(O)CCCc3ccccc32)c(-c2cnn(C)c2)c1. The van der Waals surface area contributed by atoms with Crippen LogP contribution in [0.3, 0.4) is 0 Å². The van der Waals surface area contributed by atoms with E-state index in [2.05, 4.69) is 53.7 Å². The van der Waals surface area contributed by atoms with Crippen LogP contribution in [-0.4, -0.2) is 21.4 Å². The minimum Gasteiger partial charge on any atom is -0.384 e. The number of aryl methyl sites for hydroxylation is 3. The first-order chi connectivity index (χ1) is 13.0. The van der Waals surface area contributed by atoms with Crippen LogP contribution in [0.4, 0.5) is 0 Å². The number of benzene rings is 2. The second-order valence-electron chi connectivity index (χ2n) is 7.71. The normalized spacial score (nSPS) is 19.1. The van der Waals surface area contributed by atoms with Crippen molar-refractivity contribution in [1.82, 2.24) is 15.1 Å². The Morgan fingerprint density at radius 1 is 1.22 bits per heavy atom. The lowest BCUT2D eigenvalue weighted by atomic mass is 9.79. The third kappa shape index (κ3) is 3.68. The van der Waals surface area contributed by atoms with E-state index in [1.165, 1.54) is 22.3 Å². The topological polar surface area (TPSA) is 50.1 Å². The Kier molecular flexibility index (Phi) is 4.85. The molecule has 140 valence electrons. The third-order valence-corrected chi connectivity index (χ3v) is 5.57. The Morgan fingerprint density at radius 2 is 2.07 bits per heavy atom. The Hall–Kier alpha value is -2.43. The molecule has 1 heterocycles. The van der Waals surface area contributed by atoms with E-state index in [0.29, 0.717) is 6.54 Å². The van der Waals surface area contributed by atoms with Crippen molar-refractivity contribution in [3.05, 3.63) is 77.1 Å². The average Bonchev–Trinajstić information content (AvgIpc) is 3.09. The molecule has 1 unspecified atom stereocenters.